The van der Waals surface area contributed by atoms with Crippen molar-refractivity contribution in [2.24, 2.45) is 22.2 Å². The second-order valence-corrected chi connectivity index (χ2v) is 7.73. The summed E-state index contributed by atoms with van der Waals surface area (Å²) in [4.78, 5) is 12.2. The highest BCUT2D eigenvalue weighted by Crippen LogP contribution is 2.69. The van der Waals surface area contributed by atoms with Gasteiger partial charge in [-0.3, -0.25) is 4.79 Å². The number of hydrogen-bond donors (Lipinski definition) is 0. The van der Waals surface area contributed by atoms with Crippen molar-refractivity contribution in [2.75, 3.05) is 5.88 Å². The smallest absolute Gasteiger partial charge is 0.153 e. The summed E-state index contributed by atoms with van der Waals surface area (Å²) in [7, 11) is 0. The van der Waals surface area contributed by atoms with Crippen molar-refractivity contribution in [1.82, 2.24) is 0 Å². The van der Waals surface area contributed by atoms with E-state index < -0.39 is 0 Å². The molecule has 90 valence electrons. The Morgan fingerprint density at radius 1 is 1.12 bits per heavy atom. The van der Waals surface area contributed by atoms with Gasteiger partial charge in [0.1, 0.15) is 0 Å². The molecule has 0 aromatic heterocycles. The van der Waals surface area contributed by atoms with Crippen LogP contribution in [0.25, 0.3) is 0 Å². The molecule has 0 N–H and O–H groups in total. The van der Waals surface area contributed by atoms with E-state index in [0.29, 0.717) is 16.6 Å². The molecule has 0 heterocycles. The van der Waals surface area contributed by atoms with Crippen molar-refractivity contribution in [3.8, 4) is 0 Å². The fourth-order valence-corrected chi connectivity index (χ4v) is 6.18. The molecule has 0 saturated heterocycles. The van der Waals surface area contributed by atoms with E-state index in [2.05, 4.69) is 13.8 Å². The van der Waals surface area contributed by atoms with Crippen LogP contribution in [0.4, 0.5) is 0 Å². The molecule has 16 heavy (non-hydrogen) atoms. The molecule has 4 fully saturated rings. The van der Waals surface area contributed by atoms with Crippen LogP contribution in [0.1, 0.15) is 52.4 Å². The fraction of sp³-hybridized carbons (Fsp3) is 0.929. The minimum atomic E-state index is -0.0370. The van der Waals surface area contributed by atoms with Gasteiger partial charge in [-0.2, -0.15) is 0 Å². The molecular formula is C14H21ClO. The number of alkyl halides is 1. The predicted molar refractivity (Wildman–Crippen MR) is 65.6 cm³/mol. The summed E-state index contributed by atoms with van der Waals surface area (Å²) in [6.45, 7) is 4.79. The second kappa shape index (κ2) is 3.04. The highest BCUT2D eigenvalue weighted by molar-refractivity contribution is 6.28. The van der Waals surface area contributed by atoms with Crippen molar-refractivity contribution in [1.29, 1.82) is 0 Å². The summed E-state index contributed by atoms with van der Waals surface area (Å²) in [5.41, 5.74) is 0.816. The number of ketones is 1. The van der Waals surface area contributed by atoms with E-state index in [4.69, 9.17) is 11.6 Å². The Morgan fingerprint density at radius 3 is 2.12 bits per heavy atom. The van der Waals surface area contributed by atoms with Crippen LogP contribution in [0, 0.1) is 22.2 Å². The van der Waals surface area contributed by atoms with Crippen LogP contribution >= 0.6 is 11.6 Å². The van der Waals surface area contributed by atoms with Crippen molar-refractivity contribution < 1.29 is 4.79 Å². The van der Waals surface area contributed by atoms with Crippen LogP contribution in [0.2, 0.25) is 0 Å². The lowest BCUT2D eigenvalue weighted by atomic mass is 9.40. The van der Waals surface area contributed by atoms with Gasteiger partial charge in [-0.15, -0.1) is 11.6 Å². The Morgan fingerprint density at radius 2 is 1.69 bits per heavy atom. The van der Waals surface area contributed by atoms with E-state index in [1.54, 1.807) is 0 Å². The summed E-state index contributed by atoms with van der Waals surface area (Å²) in [5.74, 6) is 1.34. The standard InChI is InChI=1S/C14H21ClO/c1-12-3-10-4-13(2,7-12)9-14(5-10,8-12)11(16)6-15/h10H,3-9H2,1-2H3. The van der Waals surface area contributed by atoms with E-state index in [0.717, 1.165) is 25.2 Å². The lowest BCUT2D eigenvalue weighted by Crippen LogP contribution is -2.57. The van der Waals surface area contributed by atoms with E-state index in [1.165, 1.54) is 19.3 Å². The normalized spacial score (nSPS) is 54.3. The molecule has 0 spiro atoms. The molecule has 4 aliphatic rings. The zero-order chi connectivity index (χ0) is 11.6. The highest BCUT2D eigenvalue weighted by atomic mass is 35.5. The van der Waals surface area contributed by atoms with Gasteiger partial charge in [0.2, 0.25) is 0 Å². The zero-order valence-corrected chi connectivity index (χ0v) is 11.1. The zero-order valence-electron chi connectivity index (χ0n) is 10.3. The van der Waals surface area contributed by atoms with Crippen LogP contribution in [-0.4, -0.2) is 11.7 Å². The quantitative estimate of drug-likeness (QED) is 0.672. The van der Waals surface area contributed by atoms with Crippen LogP contribution in [0.3, 0.4) is 0 Å². The summed E-state index contributed by atoms with van der Waals surface area (Å²) >= 11 is 5.83. The maximum absolute atomic E-state index is 12.2. The molecule has 0 aromatic rings. The Bertz CT molecular complexity index is 331. The molecule has 2 heteroatoms. The van der Waals surface area contributed by atoms with Gasteiger partial charge >= 0.3 is 0 Å². The average Bonchev–Trinajstić information content (AvgIpc) is 2.10. The van der Waals surface area contributed by atoms with Crippen molar-refractivity contribution in [3.05, 3.63) is 0 Å². The molecule has 2 atom stereocenters. The number of hydrogen-bond acceptors (Lipinski definition) is 1. The molecule has 4 aliphatic carbocycles. The van der Waals surface area contributed by atoms with Crippen molar-refractivity contribution in [2.45, 2.75) is 52.4 Å². The van der Waals surface area contributed by atoms with Crippen LogP contribution < -0.4 is 0 Å². The van der Waals surface area contributed by atoms with Crippen LogP contribution in [0.15, 0.2) is 0 Å². The molecule has 0 aliphatic heterocycles. The monoisotopic (exact) mass is 240 g/mol. The number of carbonyl (C=O) groups excluding carboxylic acids is 1. The van der Waals surface area contributed by atoms with Gasteiger partial charge in [0.05, 0.1) is 5.88 Å². The van der Waals surface area contributed by atoms with Gasteiger partial charge in [-0.05, 0) is 55.3 Å². The van der Waals surface area contributed by atoms with Crippen molar-refractivity contribution in [3.63, 3.8) is 0 Å². The Labute approximate surface area is 103 Å². The van der Waals surface area contributed by atoms with E-state index >= 15 is 0 Å². The molecule has 0 radical (unpaired) electrons. The molecule has 0 aromatic carbocycles. The molecule has 4 saturated carbocycles. The summed E-state index contributed by atoms with van der Waals surface area (Å²) in [6, 6.07) is 0. The summed E-state index contributed by atoms with van der Waals surface area (Å²) in [6.07, 6.45) is 7.37. The lowest BCUT2D eigenvalue weighted by Gasteiger charge is -2.64. The van der Waals surface area contributed by atoms with Gasteiger partial charge in [-0.25, -0.2) is 0 Å². The maximum Gasteiger partial charge on any atom is 0.153 e. The fourth-order valence-electron chi connectivity index (χ4n) is 5.90. The summed E-state index contributed by atoms with van der Waals surface area (Å²) < 4.78 is 0. The number of halogens is 1. The largest absolute Gasteiger partial charge is 0.298 e. The molecular weight excluding hydrogens is 220 g/mol. The van der Waals surface area contributed by atoms with Crippen molar-refractivity contribution >= 4 is 17.4 Å². The SMILES string of the molecule is CC12CC3CC(C)(C1)CC(C(=O)CCl)(C3)C2. The average molecular weight is 241 g/mol. The molecule has 1 nitrogen and oxygen atoms in total. The van der Waals surface area contributed by atoms with Gasteiger partial charge in [0.15, 0.2) is 5.78 Å². The first-order chi connectivity index (χ1) is 7.39. The van der Waals surface area contributed by atoms with Gasteiger partial charge in [0.25, 0.3) is 0 Å². The lowest BCUT2D eigenvalue weighted by molar-refractivity contribution is -0.165. The first kappa shape index (κ1) is 11.1. The third kappa shape index (κ3) is 1.40. The predicted octanol–water partition coefficient (Wildman–Crippen LogP) is 3.79. The Hall–Kier alpha value is -0.0400. The molecule has 2 unspecified atom stereocenters. The minimum Gasteiger partial charge on any atom is -0.298 e. The van der Waals surface area contributed by atoms with Gasteiger partial charge in [0, 0.05) is 5.41 Å². The minimum absolute atomic E-state index is 0.0370. The third-order valence-electron chi connectivity index (χ3n) is 5.34. The van der Waals surface area contributed by atoms with Gasteiger partial charge in [-0.1, -0.05) is 13.8 Å². The maximum atomic E-state index is 12.2. The second-order valence-electron chi connectivity index (χ2n) is 7.47. The topological polar surface area (TPSA) is 17.1 Å². The number of Topliss-reactive ketones (excluding diaryl/α,β-unsaturated/α-hetero) is 1. The Kier molecular flexibility index (Phi) is 2.11. The number of carbonyl (C=O) groups is 1. The Balaban J connectivity index is 2.01. The number of rotatable bonds is 2. The first-order valence-corrected chi connectivity index (χ1v) is 7.02. The van der Waals surface area contributed by atoms with Crippen LogP contribution in [-0.2, 0) is 4.79 Å². The van der Waals surface area contributed by atoms with E-state index in [9.17, 15) is 4.79 Å². The van der Waals surface area contributed by atoms with Gasteiger partial charge < -0.3 is 0 Å². The molecule has 0 amide bonds. The third-order valence-corrected chi connectivity index (χ3v) is 5.58. The summed E-state index contributed by atoms with van der Waals surface area (Å²) in [5, 5.41) is 0. The highest BCUT2D eigenvalue weighted by Gasteiger charge is 2.62. The molecule has 4 bridgehead atoms. The van der Waals surface area contributed by atoms with E-state index in [1.807, 2.05) is 0 Å². The molecule has 4 rings (SSSR count). The van der Waals surface area contributed by atoms with E-state index in [-0.39, 0.29) is 11.3 Å². The van der Waals surface area contributed by atoms with Crippen LogP contribution in [0.5, 0.6) is 0 Å². The first-order valence-electron chi connectivity index (χ1n) is 6.48.